The number of nitrogens with one attached hydrogen (secondary N) is 1. The summed E-state index contributed by atoms with van der Waals surface area (Å²) in [5.41, 5.74) is 1.89. The monoisotopic (exact) mass is 371 g/mol. The molecule has 0 saturated carbocycles. The third-order valence-electron chi connectivity index (χ3n) is 2.65. The molecule has 0 radical (unpaired) electrons. The molecule has 1 N–H and O–H groups in total. The van der Waals surface area contributed by atoms with Crippen molar-refractivity contribution in [1.29, 1.82) is 0 Å². The summed E-state index contributed by atoms with van der Waals surface area (Å²) < 4.78 is 15.1. The normalized spacial score (nSPS) is 12.2. The van der Waals surface area contributed by atoms with Crippen molar-refractivity contribution in [2.75, 3.05) is 5.32 Å². The maximum Gasteiger partial charge on any atom is 0.123 e. The van der Waals surface area contributed by atoms with E-state index in [-0.39, 0.29) is 11.9 Å². The van der Waals surface area contributed by atoms with Crippen LogP contribution in [0.4, 0.5) is 10.1 Å². The lowest BCUT2D eigenvalue weighted by atomic mass is 10.1. The molecule has 0 spiro atoms. The molecule has 0 aromatic heterocycles. The van der Waals surface area contributed by atoms with Crippen molar-refractivity contribution in [2.45, 2.75) is 13.0 Å². The molecule has 2 rings (SSSR count). The van der Waals surface area contributed by atoms with E-state index in [4.69, 9.17) is 0 Å². The van der Waals surface area contributed by atoms with Crippen LogP contribution < -0.4 is 5.32 Å². The van der Waals surface area contributed by atoms with Crippen LogP contribution in [0, 0.1) is 5.82 Å². The average molecular weight is 373 g/mol. The van der Waals surface area contributed by atoms with Gasteiger partial charge >= 0.3 is 0 Å². The summed E-state index contributed by atoms with van der Waals surface area (Å²) in [4.78, 5) is 0. The molecule has 1 unspecified atom stereocenters. The van der Waals surface area contributed by atoms with Gasteiger partial charge in [0.05, 0.1) is 5.69 Å². The van der Waals surface area contributed by atoms with Crippen LogP contribution in [-0.2, 0) is 0 Å². The van der Waals surface area contributed by atoms with Gasteiger partial charge in [-0.2, -0.15) is 0 Å². The second kappa shape index (κ2) is 5.85. The van der Waals surface area contributed by atoms with Gasteiger partial charge in [0.1, 0.15) is 5.82 Å². The molecule has 0 aliphatic heterocycles. The fraction of sp³-hybridized carbons (Fsp3) is 0.143. The van der Waals surface area contributed by atoms with Crippen molar-refractivity contribution in [3.8, 4) is 0 Å². The van der Waals surface area contributed by atoms with Crippen molar-refractivity contribution >= 4 is 37.5 Å². The minimum absolute atomic E-state index is 0.0336. The van der Waals surface area contributed by atoms with Gasteiger partial charge in [0.2, 0.25) is 0 Å². The Morgan fingerprint density at radius 2 is 1.89 bits per heavy atom. The topological polar surface area (TPSA) is 12.0 Å². The highest BCUT2D eigenvalue weighted by atomic mass is 79.9. The SMILES string of the molecule is CC(Nc1cc(Br)ccc1Br)c1cccc(F)c1. The van der Waals surface area contributed by atoms with Gasteiger partial charge in [-0.25, -0.2) is 4.39 Å². The van der Waals surface area contributed by atoms with E-state index < -0.39 is 0 Å². The lowest BCUT2D eigenvalue weighted by Crippen LogP contribution is -2.07. The van der Waals surface area contributed by atoms with Crippen LogP contribution in [0.15, 0.2) is 51.4 Å². The zero-order valence-electron chi connectivity index (χ0n) is 9.75. The number of hydrogen-bond donors (Lipinski definition) is 1. The smallest absolute Gasteiger partial charge is 0.123 e. The second-order valence-electron chi connectivity index (χ2n) is 4.05. The summed E-state index contributed by atoms with van der Waals surface area (Å²) >= 11 is 6.92. The van der Waals surface area contributed by atoms with Gasteiger partial charge < -0.3 is 5.32 Å². The highest BCUT2D eigenvalue weighted by molar-refractivity contribution is 9.11. The Kier molecular flexibility index (Phi) is 4.40. The number of benzene rings is 2. The van der Waals surface area contributed by atoms with Crippen molar-refractivity contribution in [3.63, 3.8) is 0 Å². The van der Waals surface area contributed by atoms with Crippen LogP contribution >= 0.6 is 31.9 Å². The Morgan fingerprint density at radius 1 is 1.11 bits per heavy atom. The van der Waals surface area contributed by atoms with Crippen LogP contribution in [0.25, 0.3) is 0 Å². The summed E-state index contributed by atoms with van der Waals surface area (Å²) in [6, 6.07) is 12.6. The zero-order valence-corrected chi connectivity index (χ0v) is 12.9. The Labute approximate surface area is 123 Å². The summed E-state index contributed by atoms with van der Waals surface area (Å²) in [6.45, 7) is 2.00. The highest BCUT2D eigenvalue weighted by Crippen LogP contribution is 2.29. The number of rotatable bonds is 3. The van der Waals surface area contributed by atoms with Crippen molar-refractivity contribution < 1.29 is 4.39 Å². The van der Waals surface area contributed by atoms with Gasteiger partial charge in [-0.15, -0.1) is 0 Å². The molecule has 2 aromatic carbocycles. The minimum atomic E-state index is -0.213. The lowest BCUT2D eigenvalue weighted by Gasteiger charge is -2.17. The first-order valence-electron chi connectivity index (χ1n) is 5.53. The third kappa shape index (κ3) is 3.33. The van der Waals surface area contributed by atoms with Crippen LogP contribution in [0.2, 0.25) is 0 Å². The largest absolute Gasteiger partial charge is 0.378 e. The first-order valence-corrected chi connectivity index (χ1v) is 7.12. The predicted octanol–water partition coefficient (Wildman–Crippen LogP) is 5.52. The fourth-order valence-corrected chi connectivity index (χ4v) is 2.42. The molecule has 1 nitrogen and oxygen atoms in total. The average Bonchev–Trinajstić information content (AvgIpc) is 2.34. The van der Waals surface area contributed by atoms with E-state index >= 15 is 0 Å². The van der Waals surface area contributed by atoms with E-state index in [0.29, 0.717) is 0 Å². The van der Waals surface area contributed by atoms with E-state index in [0.717, 1.165) is 20.2 Å². The van der Waals surface area contributed by atoms with E-state index in [1.165, 1.54) is 6.07 Å². The van der Waals surface area contributed by atoms with Crippen LogP contribution in [0.1, 0.15) is 18.5 Å². The molecule has 1 atom stereocenters. The Morgan fingerprint density at radius 3 is 2.61 bits per heavy atom. The van der Waals surface area contributed by atoms with Crippen molar-refractivity contribution in [3.05, 3.63) is 62.8 Å². The van der Waals surface area contributed by atoms with Gasteiger partial charge in [0.25, 0.3) is 0 Å². The Bertz CT molecular complexity index is 557. The molecular weight excluding hydrogens is 361 g/mol. The summed E-state index contributed by atoms with van der Waals surface area (Å²) in [5, 5.41) is 3.35. The standard InChI is InChI=1S/C14H12Br2FN/c1-9(10-3-2-4-12(17)7-10)18-14-8-11(15)5-6-13(14)16/h2-9,18H,1H3. The number of hydrogen-bond acceptors (Lipinski definition) is 1. The molecule has 94 valence electrons. The summed E-state index contributed by atoms with van der Waals surface area (Å²) in [7, 11) is 0. The first kappa shape index (κ1) is 13.6. The molecule has 4 heteroatoms. The van der Waals surface area contributed by atoms with Crippen molar-refractivity contribution in [1.82, 2.24) is 0 Å². The van der Waals surface area contributed by atoms with Gasteiger partial charge in [-0.1, -0.05) is 28.1 Å². The molecule has 0 aliphatic carbocycles. The summed E-state index contributed by atoms with van der Waals surface area (Å²) in [5.74, 6) is -0.213. The molecule has 0 saturated heterocycles. The summed E-state index contributed by atoms with van der Waals surface area (Å²) in [6.07, 6.45) is 0. The zero-order chi connectivity index (χ0) is 13.1. The maximum atomic E-state index is 13.2. The van der Waals surface area contributed by atoms with E-state index in [1.807, 2.05) is 31.2 Å². The van der Waals surface area contributed by atoms with Crippen LogP contribution in [0.5, 0.6) is 0 Å². The van der Waals surface area contributed by atoms with Crippen molar-refractivity contribution in [2.24, 2.45) is 0 Å². The lowest BCUT2D eigenvalue weighted by molar-refractivity contribution is 0.623. The number of halogens is 3. The number of anilines is 1. The van der Waals surface area contributed by atoms with Gasteiger partial charge in [0.15, 0.2) is 0 Å². The van der Waals surface area contributed by atoms with E-state index in [1.54, 1.807) is 12.1 Å². The molecule has 0 bridgehead atoms. The third-order valence-corrected chi connectivity index (χ3v) is 3.83. The predicted molar refractivity (Wildman–Crippen MR) is 80.3 cm³/mol. The molecule has 2 aromatic rings. The maximum absolute atomic E-state index is 13.2. The molecule has 18 heavy (non-hydrogen) atoms. The molecule has 0 amide bonds. The Hall–Kier alpha value is -0.870. The minimum Gasteiger partial charge on any atom is -0.378 e. The van der Waals surface area contributed by atoms with Crippen LogP contribution in [-0.4, -0.2) is 0 Å². The van der Waals surface area contributed by atoms with E-state index in [2.05, 4.69) is 37.2 Å². The fourth-order valence-electron chi connectivity index (χ4n) is 1.70. The first-order chi connectivity index (χ1) is 8.56. The quantitative estimate of drug-likeness (QED) is 0.747. The van der Waals surface area contributed by atoms with Gasteiger partial charge in [-0.05, 0) is 58.7 Å². The second-order valence-corrected chi connectivity index (χ2v) is 5.82. The molecule has 0 aliphatic rings. The molecule has 0 heterocycles. The highest BCUT2D eigenvalue weighted by Gasteiger charge is 2.08. The Balaban J connectivity index is 2.21. The van der Waals surface area contributed by atoms with E-state index in [9.17, 15) is 4.39 Å². The van der Waals surface area contributed by atoms with Crippen LogP contribution in [0.3, 0.4) is 0 Å². The van der Waals surface area contributed by atoms with Gasteiger partial charge in [0, 0.05) is 15.0 Å². The molecule has 0 fully saturated rings. The molecular formula is C14H12Br2FN. The van der Waals surface area contributed by atoms with Gasteiger partial charge in [-0.3, -0.25) is 0 Å².